The van der Waals surface area contributed by atoms with Crippen LogP contribution in [-0.2, 0) is 16.6 Å². The van der Waals surface area contributed by atoms with Crippen molar-refractivity contribution in [3.8, 4) is 6.01 Å². The lowest BCUT2D eigenvalue weighted by atomic mass is 9.95. The third-order valence-electron chi connectivity index (χ3n) is 5.10. The second kappa shape index (κ2) is 8.51. The van der Waals surface area contributed by atoms with E-state index in [1.165, 1.54) is 11.6 Å². The number of carbonyl (C=O) groups excluding carboxylic acids is 1. The molecule has 0 saturated heterocycles. The first-order valence-corrected chi connectivity index (χ1v) is 9.53. The maximum absolute atomic E-state index is 14.0. The lowest BCUT2D eigenvalue weighted by Gasteiger charge is -2.29. The van der Waals surface area contributed by atoms with Crippen LogP contribution in [0.5, 0.6) is 6.01 Å². The van der Waals surface area contributed by atoms with Gasteiger partial charge in [-0.1, -0.05) is 6.92 Å². The fourth-order valence-corrected chi connectivity index (χ4v) is 3.67. The summed E-state index contributed by atoms with van der Waals surface area (Å²) >= 11 is 0. The number of aromatic nitrogens is 2. The van der Waals surface area contributed by atoms with E-state index in [1.807, 2.05) is 6.92 Å². The van der Waals surface area contributed by atoms with Crippen molar-refractivity contribution in [3.05, 3.63) is 23.5 Å². The lowest BCUT2D eigenvalue weighted by molar-refractivity contribution is -0.118. The summed E-state index contributed by atoms with van der Waals surface area (Å²) in [7, 11) is 1.47. The summed E-state index contributed by atoms with van der Waals surface area (Å²) in [5.74, 6) is -2.97. The summed E-state index contributed by atoms with van der Waals surface area (Å²) in [5.41, 5.74) is -0.489. The maximum atomic E-state index is 14.0. The molecule has 1 saturated carbocycles. The van der Waals surface area contributed by atoms with Crippen LogP contribution >= 0.6 is 0 Å². The first-order chi connectivity index (χ1) is 13.3. The molecule has 0 aliphatic heterocycles. The largest absolute Gasteiger partial charge is 0.461 e. The molecule has 5 nitrogen and oxygen atoms in total. The molecule has 1 aliphatic rings. The number of Topliss-reactive ketones (excluding diaryl/α,β-unsaturated/α-hetero) is 1. The molecule has 0 N–H and O–H groups in total. The van der Waals surface area contributed by atoms with Gasteiger partial charge in [0.15, 0.2) is 17.5 Å². The minimum atomic E-state index is -1.25. The van der Waals surface area contributed by atoms with Gasteiger partial charge in [-0.25, -0.2) is 13.2 Å². The number of rotatable bonds is 7. The Kier molecular flexibility index (Phi) is 6.27. The molecule has 3 rings (SSSR count). The molecule has 1 aromatic heterocycles. The normalized spacial score (nSPS) is 21.1. The fourth-order valence-electron chi connectivity index (χ4n) is 3.67. The van der Waals surface area contributed by atoms with E-state index >= 15 is 0 Å². The van der Waals surface area contributed by atoms with Crippen LogP contribution in [0.2, 0.25) is 0 Å². The zero-order chi connectivity index (χ0) is 20.4. The number of nitrogens with zero attached hydrogens (tertiary/aromatic N) is 2. The van der Waals surface area contributed by atoms with Crippen LogP contribution in [0.25, 0.3) is 11.0 Å². The number of carbonyl (C=O) groups is 1. The molecule has 154 valence electrons. The minimum Gasteiger partial charge on any atom is -0.461 e. The highest BCUT2D eigenvalue weighted by molar-refractivity contribution is 5.78. The summed E-state index contributed by atoms with van der Waals surface area (Å²) in [4.78, 5) is 15.1. The summed E-state index contributed by atoms with van der Waals surface area (Å²) in [6.07, 6.45) is 3.48. The van der Waals surface area contributed by atoms with Gasteiger partial charge in [0.25, 0.3) is 6.01 Å². The summed E-state index contributed by atoms with van der Waals surface area (Å²) in [6.45, 7) is 4.11. The number of aryl methyl sites for hydroxylation is 1. The van der Waals surface area contributed by atoms with Gasteiger partial charge in [-0.15, -0.1) is 0 Å². The van der Waals surface area contributed by atoms with Gasteiger partial charge >= 0.3 is 0 Å². The van der Waals surface area contributed by atoms with E-state index in [1.54, 1.807) is 6.92 Å². The Morgan fingerprint density at radius 1 is 1.21 bits per heavy atom. The van der Waals surface area contributed by atoms with Crippen molar-refractivity contribution in [2.24, 2.45) is 13.0 Å². The van der Waals surface area contributed by atoms with Crippen LogP contribution in [0.4, 0.5) is 13.2 Å². The number of benzene rings is 1. The van der Waals surface area contributed by atoms with Crippen LogP contribution < -0.4 is 4.74 Å². The van der Waals surface area contributed by atoms with Crippen molar-refractivity contribution in [1.29, 1.82) is 0 Å². The van der Waals surface area contributed by atoms with Crippen molar-refractivity contribution in [2.45, 2.75) is 58.2 Å². The second-order valence-electron chi connectivity index (χ2n) is 7.67. The first kappa shape index (κ1) is 20.6. The van der Waals surface area contributed by atoms with Crippen LogP contribution in [0, 0.1) is 23.4 Å². The molecular weight excluding hydrogens is 373 g/mol. The Morgan fingerprint density at radius 3 is 2.50 bits per heavy atom. The third-order valence-corrected chi connectivity index (χ3v) is 5.10. The van der Waals surface area contributed by atoms with Gasteiger partial charge in [0.05, 0.1) is 6.10 Å². The Morgan fingerprint density at radius 2 is 1.86 bits per heavy atom. The molecule has 1 heterocycles. The molecule has 1 fully saturated rings. The topological polar surface area (TPSA) is 53.4 Å². The van der Waals surface area contributed by atoms with Crippen molar-refractivity contribution in [3.63, 3.8) is 0 Å². The predicted molar refractivity (Wildman–Crippen MR) is 97.7 cm³/mol. The van der Waals surface area contributed by atoms with Crippen molar-refractivity contribution < 1.29 is 27.4 Å². The zero-order valence-corrected chi connectivity index (χ0v) is 16.3. The van der Waals surface area contributed by atoms with Crippen LogP contribution in [0.15, 0.2) is 6.07 Å². The highest BCUT2D eigenvalue weighted by Crippen LogP contribution is 2.30. The van der Waals surface area contributed by atoms with Gasteiger partial charge in [-0.05, 0) is 38.5 Å². The second-order valence-corrected chi connectivity index (χ2v) is 7.67. The number of imidazole rings is 1. The highest BCUT2D eigenvalue weighted by atomic mass is 19.2. The van der Waals surface area contributed by atoms with E-state index in [4.69, 9.17) is 9.47 Å². The molecule has 1 atom stereocenters. The summed E-state index contributed by atoms with van der Waals surface area (Å²) in [6, 6.07) is 0.558. The molecule has 1 aliphatic carbocycles. The molecule has 8 heteroatoms. The van der Waals surface area contributed by atoms with Gasteiger partial charge in [-0.2, -0.15) is 4.98 Å². The number of hydrogen-bond acceptors (Lipinski definition) is 4. The lowest BCUT2D eigenvalue weighted by Crippen LogP contribution is -2.30. The Bertz CT molecular complexity index is 860. The molecule has 0 unspecified atom stereocenters. The van der Waals surface area contributed by atoms with E-state index in [2.05, 4.69) is 4.98 Å². The Balaban J connectivity index is 1.58. The average molecular weight is 398 g/mol. The Hall–Kier alpha value is -2.09. The monoisotopic (exact) mass is 398 g/mol. The molecule has 0 amide bonds. The van der Waals surface area contributed by atoms with Crippen molar-refractivity contribution >= 4 is 16.8 Å². The standard InChI is InChI=1S/C20H25F3N2O3/c1-11(8-12(2)26)10-27-13-4-6-14(7-5-13)28-20-24-18-16(22)9-15(21)17(23)19(18)25(20)3/h9,11,13-14H,4-8,10H2,1-3H3/t11-,13?,14?/m1/s1. The van der Waals surface area contributed by atoms with E-state index in [0.717, 1.165) is 12.8 Å². The maximum Gasteiger partial charge on any atom is 0.297 e. The molecule has 1 aromatic carbocycles. The van der Waals surface area contributed by atoms with E-state index in [0.29, 0.717) is 31.9 Å². The third kappa shape index (κ3) is 4.48. The van der Waals surface area contributed by atoms with Gasteiger partial charge in [0.2, 0.25) is 0 Å². The fraction of sp³-hybridized carbons (Fsp3) is 0.600. The van der Waals surface area contributed by atoms with Crippen LogP contribution in [0.3, 0.4) is 0 Å². The smallest absolute Gasteiger partial charge is 0.297 e. The zero-order valence-electron chi connectivity index (χ0n) is 16.3. The van der Waals surface area contributed by atoms with Crippen molar-refractivity contribution in [1.82, 2.24) is 9.55 Å². The SMILES string of the molecule is CC(=O)C[C@@H](C)COC1CCC(Oc2nc3c(F)cc(F)c(F)c3n2C)CC1. The van der Waals surface area contributed by atoms with Gasteiger partial charge in [0, 0.05) is 26.1 Å². The van der Waals surface area contributed by atoms with Crippen LogP contribution in [-0.4, -0.2) is 34.1 Å². The molecule has 2 aromatic rings. The van der Waals surface area contributed by atoms with Gasteiger partial charge in [-0.3, -0.25) is 4.57 Å². The first-order valence-electron chi connectivity index (χ1n) is 9.53. The minimum absolute atomic E-state index is 0.0675. The summed E-state index contributed by atoms with van der Waals surface area (Å²) < 4.78 is 54.4. The summed E-state index contributed by atoms with van der Waals surface area (Å²) in [5, 5.41) is 0. The predicted octanol–water partition coefficient (Wildman–Crippen LogP) is 4.31. The molecule has 0 bridgehead atoms. The molecule has 0 radical (unpaired) electrons. The van der Waals surface area contributed by atoms with E-state index in [9.17, 15) is 18.0 Å². The van der Waals surface area contributed by atoms with E-state index in [-0.39, 0.29) is 41.0 Å². The number of ketones is 1. The Labute approximate surface area is 161 Å². The quantitative estimate of drug-likeness (QED) is 0.652. The average Bonchev–Trinajstić information content (AvgIpc) is 2.96. The number of halogens is 3. The molecule has 0 spiro atoms. The number of fused-ring (bicyclic) bond motifs is 1. The van der Waals surface area contributed by atoms with Gasteiger partial charge < -0.3 is 14.3 Å². The van der Waals surface area contributed by atoms with E-state index < -0.39 is 17.5 Å². The highest BCUT2D eigenvalue weighted by Gasteiger charge is 2.26. The number of ether oxygens (including phenoxy) is 2. The van der Waals surface area contributed by atoms with Gasteiger partial charge in [0.1, 0.15) is 22.9 Å². The number of hydrogen-bond donors (Lipinski definition) is 0. The van der Waals surface area contributed by atoms with Crippen molar-refractivity contribution in [2.75, 3.05) is 6.61 Å². The molecular formula is C20H25F3N2O3. The molecule has 28 heavy (non-hydrogen) atoms. The van der Waals surface area contributed by atoms with Crippen LogP contribution in [0.1, 0.15) is 46.0 Å².